The summed E-state index contributed by atoms with van der Waals surface area (Å²) in [6.45, 7) is 2.48. The van der Waals surface area contributed by atoms with E-state index in [4.69, 9.17) is 9.15 Å². The predicted octanol–water partition coefficient (Wildman–Crippen LogP) is 3.65. The molecule has 0 atom stereocenters. The average Bonchev–Trinajstić information content (AvgIpc) is 3.44. The van der Waals surface area contributed by atoms with Crippen LogP contribution in [-0.4, -0.2) is 46.6 Å². The number of methoxy groups -OCH3 is 1. The molecule has 1 aliphatic heterocycles. The summed E-state index contributed by atoms with van der Waals surface area (Å²) in [7, 11) is 1.61. The number of thioether (sulfide) groups is 1. The van der Waals surface area contributed by atoms with Crippen molar-refractivity contribution in [2.45, 2.75) is 31.0 Å². The molecule has 8 nitrogen and oxygen atoms in total. The molecule has 3 heterocycles. The molecular formula is C21H25N5O3S. The van der Waals surface area contributed by atoms with Gasteiger partial charge in [-0.1, -0.05) is 11.8 Å². The summed E-state index contributed by atoms with van der Waals surface area (Å²) in [5, 5.41) is 12.4. The van der Waals surface area contributed by atoms with Crippen molar-refractivity contribution in [1.82, 2.24) is 14.8 Å². The average molecular weight is 428 g/mol. The first-order valence-corrected chi connectivity index (χ1v) is 11.0. The van der Waals surface area contributed by atoms with E-state index in [-0.39, 0.29) is 11.7 Å². The summed E-state index contributed by atoms with van der Waals surface area (Å²) in [6.07, 6.45) is 5.21. The molecule has 4 rings (SSSR count). The van der Waals surface area contributed by atoms with Crippen LogP contribution in [0.2, 0.25) is 0 Å². The van der Waals surface area contributed by atoms with E-state index >= 15 is 0 Å². The van der Waals surface area contributed by atoms with Gasteiger partial charge in [-0.25, -0.2) is 0 Å². The summed E-state index contributed by atoms with van der Waals surface area (Å²) >= 11 is 1.37. The first-order valence-electron chi connectivity index (χ1n) is 10.00. The second-order valence-electron chi connectivity index (χ2n) is 7.06. The predicted molar refractivity (Wildman–Crippen MR) is 116 cm³/mol. The molecule has 1 fully saturated rings. The van der Waals surface area contributed by atoms with Gasteiger partial charge in [0.1, 0.15) is 11.5 Å². The van der Waals surface area contributed by atoms with E-state index in [0.29, 0.717) is 11.7 Å². The van der Waals surface area contributed by atoms with E-state index < -0.39 is 0 Å². The fourth-order valence-electron chi connectivity index (χ4n) is 3.41. The molecule has 0 radical (unpaired) electrons. The number of anilines is 2. The number of nitrogens with one attached hydrogen (secondary N) is 1. The molecule has 9 heteroatoms. The maximum Gasteiger partial charge on any atom is 0.234 e. The van der Waals surface area contributed by atoms with Crippen LogP contribution in [0.25, 0.3) is 0 Å². The van der Waals surface area contributed by atoms with Gasteiger partial charge in [0.15, 0.2) is 5.16 Å². The van der Waals surface area contributed by atoms with Gasteiger partial charge in [0, 0.05) is 18.8 Å². The Morgan fingerprint density at radius 3 is 2.67 bits per heavy atom. The number of amides is 1. The number of rotatable bonds is 8. The third-order valence-electron chi connectivity index (χ3n) is 4.94. The molecule has 0 unspecified atom stereocenters. The van der Waals surface area contributed by atoms with Crippen LogP contribution in [-0.2, 0) is 11.3 Å². The zero-order chi connectivity index (χ0) is 20.8. The maximum absolute atomic E-state index is 12.4. The van der Waals surface area contributed by atoms with Crippen LogP contribution in [0.5, 0.6) is 5.75 Å². The molecule has 0 saturated carbocycles. The molecule has 1 aromatic carbocycles. The molecule has 2 aromatic heterocycles. The van der Waals surface area contributed by atoms with Gasteiger partial charge in [-0.05, 0) is 55.7 Å². The van der Waals surface area contributed by atoms with Crippen molar-refractivity contribution in [3.8, 4) is 5.75 Å². The van der Waals surface area contributed by atoms with Crippen LogP contribution in [0.15, 0.2) is 52.2 Å². The number of benzene rings is 1. The van der Waals surface area contributed by atoms with Gasteiger partial charge in [-0.2, -0.15) is 0 Å². The fourth-order valence-corrected chi connectivity index (χ4v) is 4.15. The highest BCUT2D eigenvalue weighted by molar-refractivity contribution is 7.99. The number of carbonyl (C=O) groups excluding carboxylic acids is 1. The third kappa shape index (κ3) is 4.96. The van der Waals surface area contributed by atoms with Crippen molar-refractivity contribution in [3.63, 3.8) is 0 Å². The highest BCUT2D eigenvalue weighted by atomic mass is 32.2. The number of furan rings is 1. The molecule has 3 aromatic rings. The van der Waals surface area contributed by atoms with Gasteiger partial charge in [0.2, 0.25) is 11.9 Å². The second-order valence-corrected chi connectivity index (χ2v) is 8.00. The SMILES string of the molecule is COc1ccc(NC(=O)CSc2nnc(N3CCCCC3)n2Cc2ccco2)cc1. The van der Waals surface area contributed by atoms with Crippen LogP contribution >= 0.6 is 11.8 Å². The van der Waals surface area contributed by atoms with Crippen molar-refractivity contribution < 1.29 is 13.9 Å². The molecule has 1 saturated heterocycles. The number of ether oxygens (including phenoxy) is 1. The van der Waals surface area contributed by atoms with Gasteiger partial charge in [-0.3, -0.25) is 9.36 Å². The van der Waals surface area contributed by atoms with Crippen LogP contribution in [0, 0.1) is 0 Å². The minimum absolute atomic E-state index is 0.0998. The first-order chi connectivity index (χ1) is 14.7. The number of hydrogen-bond acceptors (Lipinski definition) is 7. The van der Waals surface area contributed by atoms with Crippen LogP contribution < -0.4 is 15.0 Å². The monoisotopic (exact) mass is 427 g/mol. The maximum atomic E-state index is 12.4. The molecule has 30 heavy (non-hydrogen) atoms. The lowest BCUT2D eigenvalue weighted by Gasteiger charge is -2.27. The van der Waals surface area contributed by atoms with Gasteiger partial charge in [-0.15, -0.1) is 10.2 Å². The molecule has 0 bridgehead atoms. The summed E-state index contributed by atoms with van der Waals surface area (Å²) in [6, 6.07) is 11.1. The normalized spacial score (nSPS) is 14.0. The Balaban J connectivity index is 1.44. The highest BCUT2D eigenvalue weighted by Crippen LogP contribution is 2.26. The van der Waals surface area contributed by atoms with E-state index in [0.717, 1.165) is 49.1 Å². The molecule has 0 spiro atoms. The molecule has 1 N–H and O–H groups in total. The summed E-state index contributed by atoms with van der Waals surface area (Å²) in [5.74, 6) is 2.56. The van der Waals surface area contributed by atoms with Crippen LogP contribution in [0.1, 0.15) is 25.0 Å². The highest BCUT2D eigenvalue weighted by Gasteiger charge is 2.21. The van der Waals surface area contributed by atoms with E-state index in [1.165, 1.54) is 18.2 Å². The number of carbonyl (C=O) groups is 1. The quantitative estimate of drug-likeness (QED) is 0.549. The van der Waals surface area contributed by atoms with Crippen molar-refractivity contribution >= 4 is 29.3 Å². The smallest absolute Gasteiger partial charge is 0.234 e. The Labute approximate surface area is 179 Å². The van der Waals surface area contributed by atoms with Crippen molar-refractivity contribution in [3.05, 3.63) is 48.4 Å². The Morgan fingerprint density at radius 2 is 1.97 bits per heavy atom. The lowest BCUT2D eigenvalue weighted by atomic mass is 10.1. The number of aromatic nitrogens is 3. The Bertz CT molecular complexity index is 950. The standard InChI is InChI=1S/C21H25N5O3S/c1-28-17-9-7-16(8-10-17)22-19(27)15-30-21-24-23-20(25-11-3-2-4-12-25)26(21)14-18-6-5-13-29-18/h5-10,13H,2-4,11-12,14-15H2,1H3,(H,22,27). The Kier molecular flexibility index (Phi) is 6.58. The minimum atomic E-state index is -0.0998. The lowest BCUT2D eigenvalue weighted by molar-refractivity contribution is -0.113. The Hall–Kier alpha value is -2.94. The summed E-state index contributed by atoms with van der Waals surface area (Å²) < 4.78 is 12.7. The van der Waals surface area contributed by atoms with Gasteiger partial charge in [0.05, 0.1) is 25.7 Å². The molecule has 1 aliphatic rings. The van der Waals surface area contributed by atoms with Crippen molar-refractivity contribution in [1.29, 1.82) is 0 Å². The van der Waals surface area contributed by atoms with E-state index in [9.17, 15) is 4.79 Å². The summed E-state index contributed by atoms with van der Waals surface area (Å²) in [4.78, 5) is 14.7. The van der Waals surface area contributed by atoms with Gasteiger partial charge >= 0.3 is 0 Å². The second kappa shape index (κ2) is 9.71. The van der Waals surface area contributed by atoms with Crippen molar-refractivity contribution in [2.75, 3.05) is 36.2 Å². The number of hydrogen-bond donors (Lipinski definition) is 1. The largest absolute Gasteiger partial charge is 0.497 e. The molecule has 0 aliphatic carbocycles. The van der Waals surface area contributed by atoms with E-state index in [1.807, 2.05) is 41.0 Å². The van der Waals surface area contributed by atoms with Gasteiger partial charge < -0.3 is 19.4 Å². The zero-order valence-electron chi connectivity index (χ0n) is 16.9. The Morgan fingerprint density at radius 1 is 1.17 bits per heavy atom. The van der Waals surface area contributed by atoms with Crippen LogP contribution in [0.3, 0.4) is 0 Å². The molecule has 1 amide bonds. The topological polar surface area (TPSA) is 85.4 Å². The summed E-state index contributed by atoms with van der Waals surface area (Å²) in [5.41, 5.74) is 0.729. The fraction of sp³-hybridized carbons (Fsp3) is 0.381. The number of nitrogens with zero attached hydrogens (tertiary/aromatic N) is 4. The van der Waals surface area contributed by atoms with Gasteiger partial charge in [0.25, 0.3) is 0 Å². The first kappa shape index (κ1) is 20.3. The third-order valence-corrected chi connectivity index (χ3v) is 5.90. The van der Waals surface area contributed by atoms with E-state index in [2.05, 4.69) is 20.4 Å². The van der Waals surface area contributed by atoms with Crippen molar-refractivity contribution in [2.24, 2.45) is 0 Å². The van der Waals surface area contributed by atoms with Crippen LogP contribution in [0.4, 0.5) is 11.6 Å². The lowest BCUT2D eigenvalue weighted by Crippen LogP contribution is -2.32. The number of piperidine rings is 1. The molecule has 158 valence electrons. The minimum Gasteiger partial charge on any atom is -0.497 e. The zero-order valence-corrected chi connectivity index (χ0v) is 17.7. The molecular weight excluding hydrogens is 402 g/mol. The van der Waals surface area contributed by atoms with E-state index in [1.54, 1.807) is 13.4 Å².